The molecule has 2 rings (SSSR count). The van der Waals surface area contributed by atoms with Gasteiger partial charge in [-0.3, -0.25) is 0 Å². The van der Waals surface area contributed by atoms with E-state index in [1.165, 1.54) is 17.5 Å². The van der Waals surface area contributed by atoms with Crippen LogP contribution in [0.4, 0.5) is 11.4 Å². The van der Waals surface area contributed by atoms with E-state index in [0.29, 0.717) is 11.2 Å². The number of aryl methyl sites for hydroxylation is 1. The van der Waals surface area contributed by atoms with Gasteiger partial charge in [-0.25, -0.2) is 9.97 Å². The standard InChI is InChI=1S/C7H6N4OS/c1-3-10-6-5(8)4(11-12)2-9-7(6)13-3/h2H,1H3,(H2,8,9). The highest BCUT2D eigenvalue weighted by molar-refractivity contribution is 7.18. The van der Waals surface area contributed by atoms with Crippen LogP contribution in [-0.2, 0) is 0 Å². The van der Waals surface area contributed by atoms with Crippen molar-refractivity contribution >= 4 is 33.1 Å². The van der Waals surface area contributed by atoms with E-state index in [1.54, 1.807) is 0 Å². The SMILES string of the molecule is Cc1nc2c(N)c(N=O)cnc2s1. The maximum absolute atomic E-state index is 10.3. The maximum atomic E-state index is 10.3. The highest BCUT2D eigenvalue weighted by atomic mass is 32.1. The molecule has 0 aliphatic carbocycles. The number of aromatic nitrogens is 2. The van der Waals surface area contributed by atoms with E-state index >= 15 is 0 Å². The number of fused-ring (bicyclic) bond motifs is 1. The van der Waals surface area contributed by atoms with Gasteiger partial charge >= 0.3 is 0 Å². The lowest BCUT2D eigenvalue weighted by molar-refractivity contribution is 1.32. The highest BCUT2D eigenvalue weighted by Crippen LogP contribution is 2.30. The number of anilines is 1. The molecule has 13 heavy (non-hydrogen) atoms. The molecule has 0 aliphatic heterocycles. The van der Waals surface area contributed by atoms with E-state index in [9.17, 15) is 4.91 Å². The minimum absolute atomic E-state index is 0.151. The summed E-state index contributed by atoms with van der Waals surface area (Å²) in [5.41, 5.74) is 6.68. The summed E-state index contributed by atoms with van der Waals surface area (Å²) in [6, 6.07) is 0. The Morgan fingerprint density at radius 1 is 1.62 bits per heavy atom. The van der Waals surface area contributed by atoms with Crippen molar-refractivity contribution in [3.63, 3.8) is 0 Å². The number of pyridine rings is 1. The molecule has 2 aromatic rings. The Kier molecular flexibility index (Phi) is 1.70. The van der Waals surface area contributed by atoms with Gasteiger partial charge in [0, 0.05) is 0 Å². The minimum Gasteiger partial charge on any atom is -0.395 e. The first-order valence-electron chi connectivity index (χ1n) is 3.57. The van der Waals surface area contributed by atoms with Gasteiger partial charge in [0.15, 0.2) is 5.69 Å². The van der Waals surface area contributed by atoms with Crippen molar-refractivity contribution in [1.29, 1.82) is 0 Å². The third-order valence-electron chi connectivity index (χ3n) is 1.65. The largest absolute Gasteiger partial charge is 0.395 e. The summed E-state index contributed by atoms with van der Waals surface area (Å²) in [6.07, 6.45) is 1.36. The number of rotatable bonds is 1. The molecular formula is C7H6N4OS. The van der Waals surface area contributed by atoms with Crippen LogP contribution in [0.3, 0.4) is 0 Å². The van der Waals surface area contributed by atoms with Gasteiger partial charge in [0.05, 0.1) is 16.9 Å². The van der Waals surface area contributed by atoms with Crippen LogP contribution in [0, 0.1) is 11.8 Å². The van der Waals surface area contributed by atoms with Gasteiger partial charge in [-0.2, -0.15) is 0 Å². The van der Waals surface area contributed by atoms with E-state index in [2.05, 4.69) is 15.1 Å². The van der Waals surface area contributed by atoms with Crippen molar-refractivity contribution < 1.29 is 0 Å². The number of nitrogens with zero attached hydrogens (tertiary/aromatic N) is 3. The first-order valence-corrected chi connectivity index (χ1v) is 4.39. The first kappa shape index (κ1) is 8.06. The molecule has 0 radical (unpaired) electrons. The van der Waals surface area contributed by atoms with E-state index in [-0.39, 0.29) is 5.69 Å². The topological polar surface area (TPSA) is 81.2 Å². The van der Waals surface area contributed by atoms with Crippen LogP contribution >= 0.6 is 11.3 Å². The average Bonchev–Trinajstić information content (AvgIpc) is 2.47. The molecule has 2 heterocycles. The van der Waals surface area contributed by atoms with Gasteiger partial charge in [0.2, 0.25) is 0 Å². The molecule has 0 atom stereocenters. The zero-order valence-electron chi connectivity index (χ0n) is 6.81. The zero-order chi connectivity index (χ0) is 9.42. The van der Waals surface area contributed by atoms with Gasteiger partial charge in [0.25, 0.3) is 0 Å². The molecule has 0 unspecified atom stereocenters. The quantitative estimate of drug-likeness (QED) is 0.704. The normalized spacial score (nSPS) is 10.5. The van der Waals surface area contributed by atoms with Crippen LogP contribution in [0.1, 0.15) is 5.01 Å². The molecule has 0 saturated carbocycles. The molecule has 2 N–H and O–H groups in total. The molecule has 0 spiro atoms. The lowest BCUT2D eigenvalue weighted by Crippen LogP contribution is -1.88. The van der Waals surface area contributed by atoms with Crippen molar-refractivity contribution in [2.45, 2.75) is 6.92 Å². The molecule has 0 bridgehead atoms. The fourth-order valence-corrected chi connectivity index (χ4v) is 1.84. The number of hydrogen-bond acceptors (Lipinski definition) is 6. The summed E-state index contributed by atoms with van der Waals surface area (Å²) in [7, 11) is 0. The van der Waals surface area contributed by atoms with Crippen LogP contribution in [0.2, 0.25) is 0 Å². The molecule has 6 heteroatoms. The number of nitrogen functional groups attached to an aromatic ring is 1. The molecule has 5 nitrogen and oxygen atoms in total. The van der Waals surface area contributed by atoms with E-state index in [0.717, 1.165) is 9.84 Å². The number of nitroso groups, excluding NO2 is 1. The van der Waals surface area contributed by atoms with E-state index in [1.807, 2.05) is 6.92 Å². The van der Waals surface area contributed by atoms with Crippen molar-refractivity contribution in [3.05, 3.63) is 16.1 Å². The summed E-state index contributed by atoms with van der Waals surface area (Å²) in [4.78, 5) is 19.2. The lowest BCUT2D eigenvalue weighted by Gasteiger charge is -1.94. The molecule has 0 saturated heterocycles. The Morgan fingerprint density at radius 3 is 3.08 bits per heavy atom. The van der Waals surface area contributed by atoms with Crippen LogP contribution < -0.4 is 5.73 Å². The van der Waals surface area contributed by atoms with E-state index < -0.39 is 0 Å². The van der Waals surface area contributed by atoms with Gasteiger partial charge < -0.3 is 5.73 Å². The maximum Gasteiger partial charge on any atom is 0.151 e. The van der Waals surface area contributed by atoms with Gasteiger partial charge in [-0.15, -0.1) is 4.91 Å². The fourth-order valence-electron chi connectivity index (χ4n) is 1.06. The predicted octanol–water partition coefficient (Wildman–Crippen LogP) is 1.98. The number of hydrogen-bond donors (Lipinski definition) is 1. The Balaban J connectivity index is 2.85. The van der Waals surface area contributed by atoms with Crippen molar-refractivity contribution in [2.75, 3.05) is 5.73 Å². The minimum atomic E-state index is 0.151. The smallest absolute Gasteiger partial charge is 0.151 e. The van der Waals surface area contributed by atoms with E-state index in [4.69, 9.17) is 5.73 Å². The highest BCUT2D eigenvalue weighted by Gasteiger charge is 2.09. The summed E-state index contributed by atoms with van der Waals surface area (Å²) in [5, 5.41) is 3.63. The second-order valence-corrected chi connectivity index (χ2v) is 3.72. The molecule has 0 aliphatic rings. The Morgan fingerprint density at radius 2 is 2.38 bits per heavy atom. The van der Waals surface area contributed by atoms with Crippen LogP contribution in [0.15, 0.2) is 11.4 Å². The third-order valence-corrected chi connectivity index (χ3v) is 2.53. The summed E-state index contributed by atoms with van der Waals surface area (Å²) in [5.74, 6) is 0. The molecular weight excluding hydrogens is 188 g/mol. The predicted molar refractivity (Wildman–Crippen MR) is 52.0 cm³/mol. The number of thiazole rings is 1. The van der Waals surface area contributed by atoms with Gasteiger partial charge in [-0.1, -0.05) is 11.3 Å². The summed E-state index contributed by atoms with van der Waals surface area (Å²) in [6.45, 7) is 1.86. The molecule has 0 fully saturated rings. The van der Waals surface area contributed by atoms with Crippen LogP contribution in [0.25, 0.3) is 10.3 Å². The first-order chi connectivity index (χ1) is 6.22. The second kappa shape index (κ2) is 2.74. The lowest BCUT2D eigenvalue weighted by atomic mass is 10.3. The Hall–Kier alpha value is -1.56. The zero-order valence-corrected chi connectivity index (χ0v) is 7.63. The summed E-state index contributed by atoms with van der Waals surface area (Å²) < 4.78 is 0. The van der Waals surface area contributed by atoms with Crippen LogP contribution in [-0.4, -0.2) is 9.97 Å². The fraction of sp³-hybridized carbons (Fsp3) is 0.143. The van der Waals surface area contributed by atoms with Crippen LogP contribution in [0.5, 0.6) is 0 Å². The second-order valence-electron chi connectivity index (χ2n) is 2.54. The molecule has 2 aromatic heterocycles. The van der Waals surface area contributed by atoms with Gasteiger partial charge in [0.1, 0.15) is 10.3 Å². The monoisotopic (exact) mass is 194 g/mol. The van der Waals surface area contributed by atoms with Gasteiger partial charge in [-0.05, 0) is 12.1 Å². The summed E-state index contributed by atoms with van der Waals surface area (Å²) >= 11 is 1.44. The Bertz CT molecular complexity index is 479. The molecule has 0 aromatic carbocycles. The molecule has 0 amide bonds. The number of nitrogens with two attached hydrogens (primary N) is 1. The third kappa shape index (κ3) is 1.15. The Labute approximate surface area is 77.6 Å². The van der Waals surface area contributed by atoms with Crippen molar-refractivity contribution in [3.8, 4) is 0 Å². The van der Waals surface area contributed by atoms with Crippen molar-refractivity contribution in [1.82, 2.24) is 9.97 Å². The average molecular weight is 194 g/mol. The van der Waals surface area contributed by atoms with Crippen molar-refractivity contribution in [2.24, 2.45) is 5.18 Å². The molecule has 66 valence electrons.